The molecule has 0 saturated carbocycles. The Morgan fingerprint density at radius 2 is 2.00 bits per heavy atom. The molecule has 0 unspecified atom stereocenters. The van der Waals surface area contributed by atoms with E-state index in [-0.39, 0.29) is 11.8 Å². The maximum Gasteiger partial charge on any atom is 0.241 e. The molecule has 4 N–H and O–H groups in total. The molecule has 1 aromatic rings. The summed E-state index contributed by atoms with van der Waals surface area (Å²) < 4.78 is 0. The van der Waals surface area contributed by atoms with Crippen molar-refractivity contribution in [2.45, 2.75) is 33.2 Å². The predicted octanol–water partition coefficient (Wildman–Crippen LogP) is 1.63. The van der Waals surface area contributed by atoms with E-state index in [1.807, 2.05) is 19.9 Å². The normalized spacial score (nSPS) is 11.8. The van der Waals surface area contributed by atoms with Crippen LogP contribution in [-0.4, -0.2) is 17.9 Å². The molecule has 18 heavy (non-hydrogen) atoms. The maximum atomic E-state index is 11.6. The quantitative estimate of drug-likeness (QED) is 0.758. The van der Waals surface area contributed by atoms with Crippen molar-refractivity contribution in [2.24, 2.45) is 5.73 Å². The fraction of sp³-hybridized carbons (Fsp3) is 0.385. The van der Waals surface area contributed by atoms with Gasteiger partial charge in [-0.3, -0.25) is 9.59 Å². The molecular formula is C13H19N3O2. The summed E-state index contributed by atoms with van der Waals surface area (Å²) in [5.41, 5.74) is 7.87. The molecule has 1 aromatic carbocycles. The molecule has 2 amide bonds. The van der Waals surface area contributed by atoms with Gasteiger partial charge in [0, 0.05) is 18.3 Å². The zero-order valence-corrected chi connectivity index (χ0v) is 10.9. The molecule has 0 aliphatic carbocycles. The summed E-state index contributed by atoms with van der Waals surface area (Å²) in [6.07, 6.45) is 0.580. The zero-order valence-electron chi connectivity index (χ0n) is 10.9. The third kappa shape index (κ3) is 3.85. The highest BCUT2D eigenvalue weighted by atomic mass is 16.2. The Balaban J connectivity index is 2.85. The number of rotatable bonds is 4. The summed E-state index contributed by atoms with van der Waals surface area (Å²) in [6.45, 7) is 5.18. The topological polar surface area (TPSA) is 84.2 Å². The Morgan fingerprint density at radius 1 is 1.33 bits per heavy atom. The molecule has 98 valence electrons. The van der Waals surface area contributed by atoms with Gasteiger partial charge in [0.2, 0.25) is 11.8 Å². The first-order valence-corrected chi connectivity index (χ1v) is 5.88. The average molecular weight is 249 g/mol. The lowest BCUT2D eigenvalue weighted by atomic mass is 10.1. The standard InChI is InChI=1S/C13H19N3O2/c1-4-11(14)13(18)16-10-6-5-8(2)12(7-10)15-9(3)17/h5-7,11H,4,14H2,1-3H3,(H,15,17)(H,16,18)/t11-/m0/s1. The number of carbonyl (C=O) groups is 2. The maximum absolute atomic E-state index is 11.6. The Bertz CT molecular complexity index is 458. The van der Waals surface area contributed by atoms with Crippen LogP contribution in [0.15, 0.2) is 18.2 Å². The van der Waals surface area contributed by atoms with Crippen molar-refractivity contribution >= 4 is 23.2 Å². The molecule has 0 fully saturated rings. The summed E-state index contributed by atoms with van der Waals surface area (Å²) in [7, 11) is 0. The Hall–Kier alpha value is -1.88. The molecule has 0 bridgehead atoms. The number of carbonyl (C=O) groups excluding carboxylic acids is 2. The van der Waals surface area contributed by atoms with Gasteiger partial charge in [-0.25, -0.2) is 0 Å². The second-order valence-electron chi connectivity index (χ2n) is 4.21. The Labute approximate surface area is 107 Å². The molecule has 5 heteroatoms. The van der Waals surface area contributed by atoms with Gasteiger partial charge in [-0.1, -0.05) is 13.0 Å². The average Bonchev–Trinajstić information content (AvgIpc) is 2.31. The Morgan fingerprint density at radius 3 is 2.56 bits per heavy atom. The third-order valence-electron chi connectivity index (χ3n) is 2.59. The third-order valence-corrected chi connectivity index (χ3v) is 2.59. The SMILES string of the molecule is CC[C@H](N)C(=O)Nc1ccc(C)c(NC(C)=O)c1. The van der Waals surface area contributed by atoms with Gasteiger partial charge in [-0.15, -0.1) is 0 Å². The zero-order chi connectivity index (χ0) is 13.7. The minimum Gasteiger partial charge on any atom is -0.326 e. The van der Waals surface area contributed by atoms with E-state index in [9.17, 15) is 9.59 Å². The second-order valence-corrected chi connectivity index (χ2v) is 4.21. The number of aryl methyl sites for hydroxylation is 1. The van der Waals surface area contributed by atoms with E-state index >= 15 is 0 Å². The van der Waals surface area contributed by atoms with Crippen LogP contribution in [0, 0.1) is 6.92 Å². The van der Waals surface area contributed by atoms with Gasteiger partial charge in [-0.2, -0.15) is 0 Å². The molecule has 5 nitrogen and oxygen atoms in total. The highest BCUT2D eigenvalue weighted by Crippen LogP contribution is 2.20. The molecule has 0 aromatic heterocycles. The number of benzene rings is 1. The van der Waals surface area contributed by atoms with Crippen molar-refractivity contribution in [3.05, 3.63) is 23.8 Å². The first kappa shape index (κ1) is 14.2. The van der Waals surface area contributed by atoms with E-state index in [4.69, 9.17) is 5.73 Å². The van der Waals surface area contributed by atoms with Crippen LogP contribution in [0.25, 0.3) is 0 Å². The summed E-state index contributed by atoms with van der Waals surface area (Å²) in [6, 6.07) is 4.81. The molecule has 1 atom stereocenters. The predicted molar refractivity (Wildman–Crippen MR) is 72.4 cm³/mol. The number of nitrogens with two attached hydrogens (primary N) is 1. The van der Waals surface area contributed by atoms with Gasteiger partial charge >= 0.3 is 0 Å². The molecule has 0 aliphatic heterocycles. The first-order valence-electron chi connectivity index (χ1n) is 5.88. The molecule has 0 aliphatic rings. The molecule has 0 heterocycles. The highest BCUT2D eigenvalue weighted by molar-refractivity contribution is 5.96. The van der Waals surface area contributed by atoms with E-state index in [1.54, 1.807) is 12.1 Å². The lowest BCUT2D eigenvalue weighted by Gasteiger charge is -2.12. The van der Waals surface area contributed by atoms with Crippen LogP contribution in [0.1, 0.15) is 25.8 Å². The van der Waals surface area contributed by atoms with E-state index in [1.165, 1.54) is 6.92 Å². The highest BCUT2D eigenvalue weighted by Gasteiger charge is 2.11. The first-order chi connectivity index (χ1) is 8.43. The Kier molecular flexibility index (Phi) is 4.85. The van der Waals surface area contributed by atoms with Crippen molar-refractivity contribution in [1.82, 2.24) is 0 Å². The van der Waals surface area contributed by atoms with Crippen LogP contribution in [0.2, 0.25) is 0 Å². The van der Waals surface area contributed by atoms with Crippen molar-refractivity contribution in [3.63, 3.8) is 0 Å². The fourth-order valence-corrected chi connectivity index (χ4v) is 1.44. The summed E-state index contributed by atoms with van der Waals surface area (Å²) in [4.78, 5) is 22.7. The second kappa shape index (κ2) is 6.16. The minimum absolute atomic E-state index is 0.146. The van der Waals surface area contributed by atoms with Gasteiger partial charge in [-0.05, 0) is 31.0 Å². The van der Waals surface area contributed by atoms with Gasteiger partial charge < -0.3 is 16.4 Å². The van der Waals surface area contributed by atoms with Crippen molar-refractivity contribution in [1.29, 1.82) is 0 Å². The number of amides is 2. The van der Waals surface area contributed by atoms with Gasteiger partial charge in [0.05, 0.1) is 6.04 Å². The molecule has 0 radical (unpaired) electrons. The van der Waals surface area contributed by atoms with Crippen molar-refractivity contribution < 1.29 is 9.59 Å². The van der Waals surface area contributed by atoms with Crippen molar-refractivity contribution in [2.75, 3.05) is 10.6 Å². The summed E-state index contributed by atoms with van der Waals surface area (Å²) >= 11 is 0. The smallest absolute Gasteiger partial charge is 0.241 e. The fourth-order valence-electron chi connectivity index (χ4n) is 1.44. The molecular weight excluding hydrogens is 230 g/mol. The van der Waals surface area contributed by atoms with Crippen LogP contribution in [-0.2, 0) is 9.59 Å². The summed E-state index contributed by atoms with van der Waals surface area (Å²) in [5.74, 6) is -0.373. The molecule has 1 rings (SSSR count). The number of nitrogens with one attached hydrogen (secondary N) is 2. The van der Waals surface area contributed by atoms with Crippen LogP contribution < -0.4 is 16.4 Å². The number of hydrogen-bond acceptors (Lipinski definition) is 3. The largest absolute Gasteiger partial charge is 0.326 e. The molecule has 0 spiro atoms. The molecule has 0 saturated heterocycles. The monoisotopic (exact) mass is 249 g/mol. The van der Waals surface area contributed by atoms with Crippen molar-refractivity contribution in [3.8, 4) is 0 Å². The van der Waals surface area contributed by atoms with E-state index in [0.717, 1.165) is 5.56 Å². The van der Waals surface area contributed by atoms with E-state index in [0.29, 0.717) is 17.8 Å². The van der Waals surface area contributed by atoms with Gasteiger partial charge in [0.1, 0.15) is 0 Å². The minimum atomic E-state index is -0.518. The van der Waals surface area contributed by atoms with Crippen LogP contribution in [0.3, 0.4) is 0 Å². The lowest BCUT2D eigenvalue weighted by Crippen LogP contribution is -2.34. The van der Waals surface area contributed by atoms with Crippen LogP contribution in [0.4, 0.5) is 11.4 Å². The van der Waals surface area contributed by atoms with E-state index < -0.39 is 6.04 Å². The number of anilines is 2. The van der Waals surface area contributed by atoms with Crippen LogP contribution >= 0.6 is 0 Å². The van der Waals surface area contributed by atoms with Crippen LogP contribution in [0.5, 0.6) is 0 Å². The van der Waals surface area contributed by atoms with Gasteiger partial charge in [0.25, 0.3) is 0 Å². The number of hydrogen-bond donors (Lipinski definition) is 3. The van der Waals surface area contributed by atoms with Gasteiger partial charge in [0.15, 0.2) is 0 Å². The van der Waals surface area contributed by atoms with E-state index in [2.05, 4.69) is 10.6 Å². The lowest BCUT2D eigenvalue weighted by molar-refractivity contribution is -0.117. The summed E-state index contributed by atoms with van der Waals surface area (Å²) in [5, 5.41) is 5.43.